The van der Waals surface area contributed by atoms with Crippen molar-refractivity contribution in [3.05, 3.63) is 29.8 Å². The van der Waals surface area contributed by atoms with Gasteiger partial charge in [0.25, 0.3) is 5.91 Å². The first-order valence-electron chi connectivity index (χ1n) is 8.78. The van der Waals surface area contributed by atoms with Crippen molar-refractivity contribution in [1.29, 1.82) is 0 Å². The Balaban J connectivity index is 1.77. The minimum absolute atomic E-state index is 0.120. The van der Waals surface area contributed by atoms with E-state index in [0.29, 0.717) is 13.0 Å². The van der Waals surface area contributed by atoms with Crippen LogP contribution in [0.2, 0.25) is 0 Å². The van der Waals surface area contributed by atoms with E-state index in [2.05, 4.69) is 10.1 Å². The maximum atomic E-state index is 12.4. The molecule has 10 heteroatoms. The van der Waals surface area contributed by atoms with Gasteiger partial charge in [-0.05, 0) is 18.9 Å². The third-order valence-electron chi connectivity index (χ3n) is 4.03. The number of carbonyl (C=O) groups excluding carboxylic acids is 3. The lowest BCUT2D eigenvalue weighted by Gasteiger charge is -2.19. The predicted octanol–water partition coefficient (Wildman–Crippen LogP) is 2.15. The van der Waals surface area contributed by atoms with Gasteiger partial charge in [-0.2, -0.15) is 0 Å². The number of amides is 2. The Morgan fingerprint density at radius 2 is 1.89 bits per heavy atom. The van der Waals surface area contributed by atoms with E-state index in [1.54, 1.807) is 0 Å². The molecule has 154 valence electrons. The highest BCUT2D eigenvalue weighted by atomic mass is 19.4. The summed E-state index contributed by atoms with van der Waals surface area (Å²) in [6.45, 7) is -0.582. The lowest BCUT2D eigenvalue weighted by atomic mass is 10.2. The van der Waals surface area contributed by atoms with E-state index in [9.17, 15) is 27.6 Å². The van der Waals surface area contributed by atoms with Crippen molar-refractivity contribution in [1.82, 2.24) is 10.2 Å². The third-order valence-corrected chi connectivity index (χ3v) is 4.03. The van der Waals surface area contributed by atoms with E-state index in [1.807, 2.05) is 0 Å². The summed E-state index contributed by atoms with van der Waals surface area (Å²) in [6.07, 6.45) is -1.96. The topological polar surface area (TPSA) is 84.9 Å². The summed E-state index contributed by atoms with van der Waals surface area (Å²) in [5, 5.41) is 2.36. The van der Waals surface area contributed by atoms with Gasteiger partial charge < -0.3 is 19.7 Å². The van der Waals surface area contributed by atoms with Crippen molar-refractivity contribution in [2.24, 2.45) is 0 Å². The van der Waals surface area contributed by atoms with Crippen LogP contribution in [0.4, 0.5) is 13.2 Å². The molecule has 0 radical (unpaired) electrons. The average molecular weight is 402 g/mol. The number of para-hydroxylation sites is 1. The first kappa shape index (κ1) is 21.5. The molecule has 2 rings (SSSR count). The highest BCUT2D eigenvalue weighted by Crippen LogP contribution is 2.26. The zero-order chi connectivity index (χ0) is 20.6. The molecule has 1 aromatic carbocycles. The van der Waals surface area contributed by atoms with Gasteiger partial charge in [-0.3, -0.25) is 14.4 Å². The number of nitrogens with zero attached hydrogens (tertiary/aromatic N) is 1. The minimum Gasteiger partial charge on any atom is -0.454 e. The fraction of sp³-hybridized carbons (Fsp3) is 0.500. The summed E-state index contributed by atoms with van der Waals surface area (Å²) in [5.41, 5.74) is 0.120. The van der Waals surface area contributed by atoms with Gasteiger partial charge in [0.15, 0.2) is 6.61 Å². The number of hydrogen-bond donors (Lipinski definition) is 1. The van der Waals surface area contributed by atoms with Crippen molar-refractivity contribution in [2.45, 2.75) is 38.6 Å². The molecule has 1 N–H and O–H groups in total. The highest BCUT2D eigenvalue weighted by molar-refractivity contribution is 5.84. The van der Waals surface area contributed by atoms with Gasteiger partial charge in [0.05, 0.1) is 0 Å². The molecule has 1 fully saturated rings. The number of alkyl halides is 3. The number of hydrogen-bond acceptors (Lipinski definition) is 5. The third kappa shape index (κ3) is 7.45. The van der Waals surface area contributed by atoms with Gasteiger partial charge in [0.1, 0.15) is 12.3 Å². The second-order valence-electron chi connectivity index (χ2n) is 6.22. The van der Waals surface area contributed by atoms with Gasteiger partial charge in [-0.15, -0.1) is 13.2 Å². The first-order chi connectivity index (χ1) is 13.2. The first-order valence-corrected chi connectivity index (χ1v) is 8.78. The van der Waals surface area contributed by atoms with Crippen LogP contribution in [0.15, 0.2) is 24.3 Å². The lowest BCUT2D eigenvalue weighted by Crippen LogP contribution is -2.37. The van der Waals surface area contributed by atoms with Gasteiger partial charge in [0.2, 0.25) is 5.91 Å². The number of nitrogens with one attached hydrogen (secondary N) is 1. The summed E-state index contributed by atoms with van der Waals surface area (Å²) in [4.78, 5) is 36.8. The molecule has 28 heavy (non-hydrogen) atoms. The van der Waals surface area contributed by atoms with Crippen LogP contribution >= 0.6 is 0 Å². The maximum Gasteiger partial charge on any atom is 0.573 e. The molecule has 1 aromatic rings. The van der Waals surface area contributed by atoms with Crippen molar-refractivity contribution < 1.29 is 37.0 Å². The Morgan fingerprint density at radius 3 is 2.64 bits per heavy atom. The number of benzene rings is 1. The average Bonchev–Trinajstić information content (AvgIpc) is 2.82. The summed E-state index contributed by atoms with van der Waals surface area (Å²) in [7, 11) is 0. The number of ether oxygens (including phenoxy) is 2. The molecule has 0 atom stereocenters. The monoisotopic (exact) mass is 402 g/mol. The molecule has 0 aliphatic carbocycles. The number of carbonyl (C=O) groups is 3. The van der Waals surface area contributed by atoms with Crippen molar-refractivity contribution in [3.8, 4) is 5.75 Å². The van der Waals surface area contributed by atoms with Gasteiger partial charge in [-0.1, -0.05) is 24.6 Å². The van der Waals surface area contributed by atoms with E-state index in [4.69, 9.17) is 4.74 Å². The van der Waals surface area contributed by atoms with Crippen LogP contribution in [0.3, 0.4) is 0 Å². The van der Waals surface area contributed by atoms with E-state index in [1.165, 1.54) is 23.1 Å². The van der Waals surface area contributed by atoms with Crippen LogP contribution in [-0.4, -0.2) is 48.7 Å². The number of rotatable bonds is 7. The molecular weight excluding hydrogens is 381 g/mol. The second kappa shape index (κ2) is 9.95. The van der Waals surface area contributed by atoms with E-state index >= 15 is 0 Å². The zero-order valence-corrected chi connectivity index (χ0v) is 15.1. The Bertz CT molecular complexity index is 709. The van der Waals surface area contributed by atoms with Crippen molar-refractivity contribution >= 4 is 17.8 Å². The SMILES string of the molecule is O=C(COC(=O)CN1CCCCCC1=O)NCc1ccccc1OC(F)(F)F. The molecule has 2 amide bonds. The highest BCUT2D eigenvalue weighted by Gasteiger charge is 2.32. The fourth-order valence-corrected chi connectivity index (χ4v) is 2.67. The largest absolute Gasteiger partial charge is 0.573 e. The van der Waals surface area contributed by atoms with Gasteiger partial charge in [0, 0.05) is 25.1 Å². The quantitative estimate of drug-likeness (QED) is 0.707. The summed E-state index contributed by atoms with van der Waals surface area (Å²) >= 11 is 0. The summed E-state index contributed by atoms with van der Waals surface area (Å²) in [6, 6.07) is 5.38. The number of likely N-dealkylation sites (tertiary alicyclic amines) is 1. The molecule has 0 spiro atoms. The molecule has 0 unspecified atom stereocenters. The van der Waals surface area contributed by atoms with Gasteiger partial charge in [-0.25, -0.2) is 0 Å². The normalized spacial score (nSPS) is 15.0. The van der Waals surface area contributed by atoms with Crippen molar-refractivity contribution in [3.63, 3.8) is 0 Å². The van der Waals surface area contributed by atoms with Crippen LogP contribution < -0.4 is 10.1 Å². The standard InChI is InChI=1S/C18H21F3N2O5/c19-18(20,21)28-14-7-4-3-6-13(14)10-22-15(24)12-27-17(26)11-23-9-5-1-2-8-16(23)25/h3-4,6-7H,1-2,5,8-12H2,(H,22,24). The number of esters is 1. The van der Waals surface area contributed by atoms with E-state index in [0.717, 1.165) is 25.3 Å². The Morgan fingerprint density at radius 1 is 1.14 bits per heavy atom. The Hall–Kier alpha value is -2.78. The smallest absolute Gasteiger partial charge is 0.454 e. The van der Waals surface area contributed by atoms with Gasteiger partial charge >= 0.3 is 12.3 Å². The van der Waals surface area contributed by atoms with Crippen molar-refractivity contribution in [2.75, 3.05) is 19.7 Å². The molecule has 7 nitrogen and oxygen atoms in total. The zero-order valence-electron chi connectivity index (χ0n) is 15.1. The van der Waals surface area contributed by atoms with Crippen LogP contribution in [-0.2, 0) is 25.7 Å². The fourth-order valence-electron chi connectivity index (χ4n) is 2.67. The minimum atomic E-state index is -4.85. The molecule has 1 heterocycles. The molecule has 1 aliphatic rings. The van der Waals surface area contributed by atoms with Crippen LogP contribution in [0.5, 0.6) is 5.75 Å². The lowest BCUT2D eigenvalue weighted by molar-refractivity contribution is -0.274. The van der Waals surface area contributed by atoms with Crippen LogP contribution in [0.1, 0.15) is 31.2 Å². The second-order valence-corrected chi connectivity index (χ2v) is 6.22. The molecule has 0 bridgehead atoms. The molecule has 1 aliphatic heterocycles. The Kier molecular flexibility index (Phi) is 7.65. The summed E-state index contributed by atoms with van der Waals surface area (Å²) < 4.78 is 45.9. The Labute approximate surface area is 159 Å². The van der Waals surface area contributed by atoms with Crippen LogP contribution in [0.25, 0.3) is 0 Å². The molecule has 0 saturated carbocycles. The molecule has 0 aromatic heterocycles. The number of halogens is 3. The molecule has 1 saturated heterocycles. The molecular formula is C18H21F3N2O5. The predicted molar refractivity (Wildman–Crippen MR) is 91.0 cm³/mol. The van der Waals surface area contributed by atoms with E-state index in [-0.39, 0.29) is 24.6 Å². The van der Waals surface area contributed by atoms with E-state index < -0.39 is 30.6 Å². The van der Waals surface area contributed by atoms with Crippen LogP contribution in [0, 0.1) is 0 Å². The maximum absolute atomic E-state index is 12.4. The summed E-state index contributed by atoms with van der Waals surface area (Å²) in [5.74, 6) is -1.95.